The number of amides is 1. The van der Waals surface area contributed by atoms with Crippen LogP contribution in [-0.2, 0) is 20.4 Å². The van der Waals surface area contributed by atoms with E-state index in [1.165, 1.54) is 18.3 Å². The lowest BCUT2D eigenvalue weighted by atomic mass is 10.1. The zero-order chi connectivity index (χ0) is 25.7. The Hall–Kier alpha value is -3.36. The second-order valence-electron chi connectivity index (χ2n) is 9.56. The molecule has 0 unspecified atom stereocenters. The van der Waals surface area contributed by atoms with Crippen LogP contribution in [0.15, 0.2) is 42.6 Å². The Balaban J connectivity index is 2.20. The van der Waals surface area contributed by atoms with Crippen molar-refractivity contribution >= 4 is 30.0 Å². The number of carbonyl (C=O) groups excluding carboxylic acids is 2. The lowest BCUT2D eigenvalue weighted by molar-refractivity contribution is -0.153. The fourth-order valence-corrected chi connectivity index (χ4v) is 2.69. The van der Waals surface area contributed by atoms with Gasteiger partial charge in [-0.3, -0.25) is 9.69 Å². The second-order valence-corrected chi connectivity index (χ2v) is 9.56. The van der Waals surface area contributed by atoms with E-state index in [1.54, 1.807) is 65.8 Å². The Kier molecular flexibility index (Phi) is 8.13. The van der Waals surface area contributed by atoms with Gasteiger partial charge >= 0.3 is 18.2 Å². The minimum Gasteiger partial charge on any atom is -0.459 e. The maximum atomic E-state index is 12.7. The normalized spacial score (nSPS) is 12.5. The molecule has 1 heterocycles. The first kappa shape index (κ1) is 26.9. The highest BCUT2D eigenvalue weighted by molar-refractivity contribution is 5.92. The van der Waals surface area contributed by atoms with E-state index in [1.807, 2.05) is 0 Å². The molecule has 1 amide bonds. The van der Waals surface area contributed by atoms with Crippen molar-refractivity contribution in [2.45, 2.75) is 58.9 Å². The molecule has 0 atom stereocenters. The number of anilines is 1. The average molecular weight is 479 g/mol. The van der Waals surface area contributed by atoms with Gasteiger partial charge in [-0.1, -0.05) is 24.3 Å². The molecule has 0 aliphatic carbocycles. The van der Waals surface area contributed by atoms with Crippen LogP contribution in [0.3, 0.4) is 0 Å². The number of alkyl halides is 3. The van der Waals surface area contributed by atoms with Crippen molar-refractivity contribution in [1.29, 1.82) is 0 Å². The fourth-order valence-electron chi connectivity index (χ4n) is 2.69. The van der Waals surface area contributed by atoms with Gasteiger partial charge in [-0.15, -0.1) is 0 Å². The summed E-state index contributed by atoms with van der Waals surface area (Å²) < 4.78 is 48.8. The average Bonchev–Trinajstić information content (AvgIpc) is 2.68. The number of ether oxygens (including phenoxy) is 2. The van der Waals surface area contributed by atoms with Gasteiger partial charge in [-0.05, 0) is 76.9 Å². The highest BCUT2D eigenvalue weighted by Gasteiger charge is 2.30. The quantitative estimate of drug-likeness (QED) is 0.468. The fraction of sp³-hybridized carbons (Fsp3) is 0.400. The number of esters is 1. The molecule has 0 fully saturated rings. The van der Waals surface area contributed by atoms with Crippen LogP contribution in [-0.4, -0.2) is 34.8 Å². The van der Waals surface area contributed by atoms with Gasteiger partial charge in [0.25, 0.3) is 0 Å². The molecule has 2 aromatic rings. The largest absolute Gasteiger partial charge is 0.459 e. The van der Waals surface area contributed by atoms with Crippen LogP contribution in [0.25, 0.3) is 12.2 Å². The minimum atomic E-state index is -4.39. The van der Waals surface area contributed by atoms with Crippen molar-refractivity contribution in [3.63, 3.8) is 0 Å². The molecule has 0 aliphatic rings. The van der Waals surface area contributed by atoms with Gasteiger partial charge in [-0.2, -0.15) is 13.2 Å². The Bertz CT molecular complexity index is 1020. The van der Waals surface area contributed by atoms with Gasteiger partial charge in [0.1, 0.15) is 23.6 Å². The third-order valence-electron chi connectivity index (χ3n) is 4.07. The summed E-state index contributed by atoms with van der Waals surface area (Å²) in [6, 6.07) is 7.96. The number of carbonyl (C=O) groups is 2. The molecule has 1 aromatic carbocycles. The first-order valence-electron chi connectivity index (χ1n) is 10.6. The molecule has 1 aromatic heterocycles. The predicted octanol–water partition coefficient (Wildman–Crippen LogP) is 6.35. The zero-order valence-corrected chi connectivity index (χ0v) is 20.1. The topological polar surface area (TPSA) is 68.7 Å². The van der Waals surface area contributed by atoms with E-state index >= 15 is 0 Å². The lowest BCUT2D eigenvalue weighted by Gasteiger charge is -2.27. The van der Waals surface area contributed by atoms with E-state index in [2.05, 4.69) is 4.98 Å². The number of hydrogen-bond acceptors (Lipinski definition) is 5. The number of halogens is 3. The minimum absolute atomic E-state index is 0.187. The van der Waals surface area contributed by atoms with Crippen molar-refractivity contribution in [2.75, 3.05) is 11.4 Å². The van der Waals surface area contributed by atoms with Gasteiger partial charge in [0.05, 0.1) is 5.56 Å². The van der Waals surface area contributed by atoms with Crippen LogP contribution < -0.4 is 4.90 Å². The second kappa shape index (κ2) is 10.3. The highest BCUT2D eigenvalue weighted by Crippen LogP contribution is 2.29. The maximum Gasteiger partial charge on any atom is 0.416 e. The highest BCUT2D eigenvalue weighted by atomic mass is 19.4. The van der Waals surface area contributed by atoms with Gasteiger partial charge in [0.15, 0.2) is 0 Å². The molecule has 6 nitrogen and oxygen atoms in total. The van der Waals surface area contributed by atoms with Crippen LogP contribution in [0.1, 0.15) is 58.2 Å². The lowest BCUT2D eigenvalue weighted by Crippen LogP contribution is -2.42. The first-order chi connectivity index (χ1) is 15.5. The third-order valence-corrected chi connectivity index (χ3v) is 4.07. The Labute approximate surface area is 197 Å². The summed E-state index contributed by atoms with van der Waals surface area (Å²) in [5.41, 5.74) is -1.00. The van der Waals surface area contributed by atoms with E-state index in [4.69, 9.17) is 9.47 Å². The van der Waals surface area contributed by atoms with Crippen LogP contribution in [0.2, 0.25) is 0 Å². The van der Waals surface area contributed by atoms with E-state index in [0.29, 0.717) is 11.1 Å². The van der Waals surface area contributed by atoms with Crippen LogP contribution in [0.4, 0.5) is 23.8 Å². The molecule has 0 bridgehead atoms. The molecule has 0 saturated carbocycles. The molecule has 2 rings (SSSR count). The van der Waals surface area contributed by atoms with Gasteiger partial charge in [-0.25, -0.2) is 9.78 Å². The summed E-state index contributed by atoms with van der Waals surface area (Å²) in [5, 5.41) is 0. The Morgan fingerprint density at radius 2 is 1.38 bits per heavy atom. The maximum absolute atomic E-state index is 12.7. The van der Waals surface area contributed by atoms with Crippen molar-refractivity contribution in [1.82, 2.24) is 4.98 Å². The summed E-state index contributed by atoms with van der Waals surface area (Å²) in [6.45, 7) is 9.90. The summed E-state index contributed by atoms with van der Waals surface area (Å²) in [6.07, 6.45) is -0.350. The Morgan fingerprint density at radius 3 is 1.85 bits per heavy atom. The Morgan fingerprint density at radius 1 is 0.853 bits per heavy atom. The SMILES string of the molecule is CC(C)(C)OC(=O)CN(C(=O)OC(C)(C)C)c1ccc(/C=C/c2ccc(C(F)(F)F)cc2)cn1. The number of benzene rings is 1. The van der Waals surface area contributed by atoms with Crippen molar-refractivity contribution < 1.29 is 32.2 Å². The van der Waals surface area contributed by atoms with E-state index < -0.39 is 35.0 Å². The molecule has 0 spiro atoms. The molecular weight excluding hydrogens is 449 g/mol. The summed E-state index contributed by atoms with van der Waals surface area (Å²) >= 11 is 0. The molecule has 0 saturated heterocycles. The standard InChI is InChI=1S/C25H29F3N2O4/c1-23(2,3)33-21(31)16-30(22(32)34-24(4,5)6)20-14-11-18(15-29-20)8-7-17-9-12-19(13-10-17)25(26,27)28/h7-15H,16H2,1-6H3/b8-7+. The monoisotopic (exact) mass is 478 g/mol. The molecule has 0 N–H and O–H groups in total. The van der Waals surface area contributed by atoms with Crippen molar-refractivity contribution in [2.24, 2.45) is 0 Å². The van der Waals surface area contributed by atoms with Crippen LogP contribution >= 0.6 is 0 Å². The van der Waals surface area contributed by atoms with Gasteiger partial charge in [0, 0.05) is 6.20 Å². The molecule has 0 aliphatic heterocycles. The molecule has 184 valence electrons. The molecule has 34 heavy (non-hydrogen) atoms. The summed E-state index contributed by atoms with van der Waals surface area (Å²) in [5.74, 6) is -0.432. The van der Waals surface area contributed by atoms with Crippen LogP contribution in [0, 0.1) is 0 Å². The summed E-state index contributed by atoms with van der Waals surface area (Å²) in [7, 11) is 0. The number of hydrogen-bond donors (Lipinski definition) is 0. The van der Waals surface area contributed by atoms with Crippen molar-refractivity contribution in [3.05, 3.63) is 59.3 Å². The van der Waals surface area contributed by atoms with E-state index in [9.17, 15) is 22.8 Å². The van der Waals surface area contributed by atoms with E-state index in [-0.39, 0.29) is 12.4 Å². The zero-order valence-electron chi connectivity index (χ0n) is 20.1. The van der Waals surface area contributed by atoms with Gasteiger partial charge < -0.3 is 9.47 Å². The number of aromatic nitrogens is 1. The molecule has 9 heteroatoms. The predicted molar refractivity (Wildman–Crippen MR) is 124 cm³/mol. The van der Waals surface area contributed by atoms with Gasteiger partial charge in [0.2, 0.25) is 0 Å². The number of pyridine rings is 1. The molecule has 0 radical (unpaired) electrons. The molecular formula is C25H29F3N2O4. The first-order valence-corrected chi connectivity index (χ1v) is 10.6. The third kappa shape index (κ3) is 8.88. The van der Waals surface area contributed by atoms with Crippen LogP contribution in [0.5, 0.6) is 0 Å². The number of nitrogens with zero attached hydrogens (tertiary/aromatic N) is 2. The van der Waals surface area contributed by atoms with E-state index in [0.717, 1.165) is 17.0 Å². The number of rotatable bonds is 5. The smallest absolute Gasteiger partial charge is 0.416 e. The van der Waals surface area contributed by atoms with Crippen molar-refractivity contribution in [3.8, 4) is 0 Å². The summed E-state index contributed by atoms with van der Waals surface area (Å²) in [4.78, 5) is 30.4.